The molecule has 1 heterocycles. The van der Waals surface area contributed by atoms with E-state index in [9.17, 15) is 0 Å². The lowest BCUT2D eigenvalue weighted by Crippen LogP contribution is -2.35. The van der Waals surface area contributed by atoms with Crippen LogP contribution in [0.2, 0.25) is 0 Å². The van der Waals surface area contributed by atoms with Gasteiger partial charge in [-0.3, -0.25) is 0 Å². The van der Waals surface area contributed by atoms with Crippen LogP contribution in [0.5, 0.6) is 0 Å². The fourth-order valence-electron chi connectivity index (χ4n) is 2.01. The van der Waals surface area contributed by atoms with Gasteiger partial charge in [0.25, 0.3) is 0 Å². The molecule has 0 aliphatic carbocycles. The maximum absolute atomic E-state index is 5.83. The van der Waals surface area contributed by atoms with Crippen LogP contribution in [-0.2, 0) is 20.8 Å². The largest absolute Gasteiger partial charge is 0.374 e. The molecule has 0 saturated carbocycles. The summed E-state index contributed by atoms with van der Waals surface area (Å²) in [4.78, 5) is 0. The molecule has 0 N–H and O–H groups in total. The average Bonchev–Trinajstić information content (AvgIpc) is 2.55. The summed E-state index contributed by atoms with van der Waals surface area (Å²) in [7, 11) is 0. The molecule has 94 valence electrons. The summed E-state index contributed by atoms with van der Waals surface area (Å²) in [6.45, 7) is 7.61. The molecule has 1 atom stereocenters. The molecule has 0 amide bonds. The van der Waals surface area contributed by atoms with Gasteiger partial charge in [-0.1, -0.05) is 30.3 Å². The molecule has 0 bridgehead atoms. The van der Waals surface area contributed by atoms with E-state index in [-0.39, 0.29) is 5.60 Å². The van der Waals surface area contributed by atoms with Crippen LogP contribution in [0.4, 0.5) is 0 Å². The molecule has 3 nitrogen and oxygen atoms in total. The molecule has 17 heavy (non-hydrogen) atoms. The lowest BCUT2D eigenvalue weighted by atomic mass is 10.1. The summed E-state index contributed by atoms with van der Waals surface area (Å²) in [5, 5.41) is 0. The van der Waals surface area contributed by atoms with Gasteiger partial charge >= 0.3 is 0 Å². The van der Waals surface area contributed by atoms with Crippen molar-refractivity contribution in [3.63, 3.8) is 0 Å². The monoisotopic (exact) mass is 236 g/mol. The first-order valence-corrected chi connectivity index (χ1v) is 5.95. The number of benzene rings is 1. The van der Waals surface area contributed by atoms with Gasteiger partial charge in [0.15, 0.2) is 5.79 Å². The molecule has 1 fully saturated rings. The second-order valence-corrected chi connectivity index (χ2v) is 5.22. The van der Waals surface area contributed by atoms with Gasteiger partial charge in [-0.15, -0.1) is 0 Å². The van der Waals surface area contributed by atoms with Crippen LogP contribution in [0.1, 0.15) is 26.3 Å². The van der Waals surface area contributed by atoms with E-state index >= 15 is 0 Å². The van der Waals surface area contributed by atoms with Crippen molar-refractivity contribution in [1.29, 1.82) is 0 Å². The van der Waals surface area contributed by atoms with Crippen LogP contribution < -0.4 is 0 Å². The molecular weight excluding hydrogens is 216 g/mol. The van der Waals surface area contributed by atoms with Crippen LogP contribution in [0, 0.1) is 0 Å². The Hall–Kier alpha value is -0.900. The minimum Gasteiger partial charge on any atom is -0.374 e. The lowest BCUT2D eigenvalue weighted by molar-refractivity contribution is -0.169. The molecule has 1 aromatic carbocycles. The van der Waals surface area contributed by atoms with E-state index in [1.54, 1.807) is 0 Å². The Morgan fingerprint density at radius 2 is 1.88 bits per heavy atom. The summed E-state index contributed by atoms with van der Waals surface area (Å²) in [6.07, 6.45) is 0. The van der Waals surface area contributed by atoms with E-state index in [1.807, 2.05) is 39.0 Å². The highest BCUT2D eigenvalue weighted by atomic mass is 16.8. The molecule has 1 aliphatic heterocycles. The summed E-state index contributed by atoms with van der Waals surface area (Å²) in [5.41, 5.74) is 0.840. The van der Waals surface area contributed by atoms with E-state index in [2.05, 4.69) is 12.1 Å². The summed E-state index contributed by atoms with van der Waals surface area (Å²) < 4.78 is 17.1. The predicted octanol–water partition coefficient (Wildman–Crippen LogP) is 2.74. The summed E-state index contributed by atoms with van der Waals surface area (Å²) in [5.74, 6) is -0.495. The van der Waals surface area contributed by atoms with E-state index in [0.717, 1.165) is 0 Å². The van der Waals surface area contributed by atoms with Crippen molar-refractivity contribution in [2.24, 2.45) is 0 Å². The molecule has 0 aromatic heterocycles. The van der Waals surface area contributed by atoms with Gasteiger partial charge in [0.05, 0.1) is 19.8 Å². The quantitative estimate of drug-likeness (QED) is 0.804. The van der Waals surface area contributed by atoms with Crippen LogP contribution in [0.15, 0.2) is 30.3 Å². The molecule has 3 heteroatoms. The molecule has 2 rings (SSSR count). The Kier molecular flexibility index (Phi) is 3.52. The Balaban J connectivity index is 1.79. The standard InChI is InChI=1S/C14H20O3/c1-13(2)16-11-14(3,17-13)10-15-9-12-7-5-4-6-8-12/h4-8H,9-11H2,1-3H3/t14-/m1/s1. The average molecular weight is 236 g/mol. The van der Waals surface area contributed by atoms with Gasteiger partial charge in [0.2, 0.25) is 0 Å². The Morgan fingerprint density at radius 3 is 2.47 bits per heavy atom. The lowest BCUT2D eigenvalue weighted by Gasteiger charge is -2.24. The highest BCUT2D eigenvalue weighted by Crippen LogP contribution is 2.30. The van der Waals surface area contributed by atoms with Crippen molar-refractivity contribution in [3.8, 4) is 0 Å². The van der Waals surface area contributed by atoms with Crippen LogP contribution in [0.3, 0.4) is 0 Å². The molecule has 1 saturated heterocycles. The number of rotatable bonds is 4. The third-order valence-corrected chi connectivity index (χ3v) is 2.74. The normalized spacial score (nSPS) is 27.2. The van der Waals surface area contributed by atoms with E-state index in [4.69, 9.17) is 14.2 Å². The minimum atomic E-state index is -0.495. The third-order valence-electron chi connectivity index (χ3n) is 2.74. The zero-order valence-corrected chi connectivity index (χ0v) is 10.7. The zero-order chi connectivity index (χ0) is 12.4. The van der Waals surface area contributed by atoms with Gasteiger partial charge in [-0.25, -0.2) is 0 Å². The van der Waals surface area contributed by atoms with Crippen LogP contribution in [0.25, 0.3) is 0 Å². The first-order valence-electron chi connectivity index (χ1n) is 5.95. The van der Waals surface area contributed by atoms with Crippen molar-refractivity contribution in [1.82, 2.24) is 0 Å². The van der Waals surface area contributed by atoms with E-state index in [1.165, 1.54) is 5.56 Å². The second kappa shape index (κ2) is 4.77. The number of ether oxygens (including phenoxy) is 3. The van der Waals surface area contributed by atoms with Crippen LogP contribution in [-0.4, -0.2) is 24.6 Å². The first-order chi connectivity index (χ1) is 7.99. The second-order valence-electron chi connectivity index (χ2n) is 5.22. The molecule has 0 spiro atoms. The highest BCUT2D eigenvalue weighted by Gasteiger charge is 2.42. The molecule has 0 unspecified atom stereocenters. The van der Waals surface area contributed by atoms with Gasteiger partial charge in [0, 0.05) is 0 Å². The molecule has 1 aliphatic rings. The molecule has 1 aromatic rings. The van der Waals surface area contributed by atoms with Crippen molar-refractivity contribution >= 4 is 0 Å². The Bertz CT molecular complexity index is 361. The topological polar surface area (TPSA) is 27.7 Å². The van der Waals surface area contributed by atoms with Gasteiger partial charge in [-0.2, -0.15) is 0 Å². The highest BCUT2D eigenvalue weighted by molar-refractivity contribution is 5.13. The number of hydrogen-bond acceptors (Lipinski definition) is 3. The smallest absolute Gasteiger partial charge is 0.163 e. The molecule has 0 radical (unpaired) electrons. The van der Waals surface area contributed by atoms with Crippen molar-refractivity contribution in [2.45, 2.75) is 38.8 Å². The van der Waals surface area contributed by atoms with E-state index < -0.39 is 5.79 Å². The minimum absolute atomic E-state index is 0.335. The third kappa shape index (κ3) is 3.53. The maximum atomic E-state index is 5.83. The van der Waals surface area contributed by atoms with Gasteiger partial charge < -0.3 is 14.2 Å². The van der Waals surface area contributed by atoms with Crippen LogP contribution >= 0.6 is 0 Å². The zero-order valence-electron chi connectivity index (χ0n) is 10.7. The van der Waals surface area contributed by atoms with Crippen molar-refractivity contribution in [2.75, 3.05) is 13.2 Å². The van der Waals surface area contributed by atoms with E-state index in [0.29, 0.717) is 19.8 Å². The predicted molar refractivity (Wildman–Crippen MR) is 65.6 cm³/mol. The Morgan fingerprint density at radius 1 is 1.18 bits per heavy atom. The summed E-state index contributed by atoms with van der Waals surface area (Å²) in [6, 6.07) is 10.1. The molecular formula is C14H20O3. The van der Waals surface area contributed by atoms with Crippen molar-refractivity contribution in [3.05, 3.63) is 35.9 Å². The number of hydrogen-bond donors (Lipinski definition) is 0. The maximum Gasteiger partial charge on any atom is 0.163 e. The van der Waals surface area contributed by atoms with Gasteiger partial charge in [-0.05, 0) is 26.3 Å². The fraction of sp³-hybridized carbons (Fsp3) is 0.571. The SMILES string of the molecule is CC1(C)OC[C@@](C)(COCc2ccccc2)O1. The van der Waals surface area contributed by atoms with Crippen molar-refractivity contribution < 1.29 is 14.2 Å². The Labute approximate surface area is 103 Å². The first kappa shape index (κ1) is 12.6. The fourth-order valence-corrected chi connectivity index (χ4v) is 2.01. The van der Waals surface area contributed by atoms with Gasteiger partial charge in [0.1, 0.15) is 5.60 Å². The summed E-state index contributed by atoms with van der Waals surface area (Å²) >= 11 is 0.